The molecule has 0 bridgehead atoms. The van der Waals surface area contributed by atoms with E-state index in [1.165, 1.54) is 6.21 Å². The first-order valence-electron chi connectivity index (χ1n) is 9.49. The molecule has 0 unspecified atom stereocenters. The minimum atomic E-state index is -0.740. The summed E-state index contributed by atoms with van der Waals surface area (Å²) in [6.45, 7) is 4.34. The van der Waals surface area contributed by atoms with Gasteiger partial charge in [0.2, 0.25) is 0 Å². The summed E-state index contributed by atoms with van der Waals surface area (Å²) in [7, 11) is 0. The summed E-state index contributed by atoms with van der Waals surface area (Å²) < 4.78 is 24.8. The van der Waals surface area contributed by atoms with Crippen LogP contribution in [0, 0.1) is 5.21 Å². The first-order valence-corrected chi connectivity index (χ1v) is 9.49. The highest BCUT2D eigenvalue weighted by molar-refractivity contribution is 5.60. The fourth-order valence-corrected chi connectivity index (χ4v) is 3.56. The average molecular weight is 383 g/mol. The molecule has 0 saturated carbocycles. The van der Waals surface area contributed by atoms with E-state index in [0.29, 0.717) is 6.61 Å². The molecule has 2 aromatic rings. The summed E-state index contributed by atoms with van der Waals surface area (Å²) in [5.74, 6) is -0.740. The number of hydrogen-bond donors (Lipinski definition) is 0. The van der Waals surface area contributed by atoms with Crippen LogP contribution in [0.3, 0.4) is 0 Å². The molecule has 2 aliphatic rings. The molecule has 0 aliphatic carbocycles. The Morgan fingerprint density at radius 1 is 1.00 bits per heavy atom. The van der Waals surface area contributed by atoms with Crippen molar-refractivity contribution < 1.29 is 23.7 Å². The topological polar surface area (TPSA) is 63.0 Å². The van der Waals surface area contributed by atoms with Crippen molar-refractivity contribution in [2.75, 3.05) is 0 Å². The maximum Gasteiger partial charge on any atom is 0.190 e. The smallest absolute Gasteiger partial charge is 0.190 e. The van der Waals surface area contributed by atoms with E-state index in [2.05, 4.69) is 0 Å². The highest BCUT2D eigenvalue weighted by atomic mass is 16.8. The zero-order valence-electron chi connectivity index (χ0n) is 16.1. The Balaban J connectivity index is 1.49. The zero-order chi connectivity index (χ0) is 19.6. The fraction of sp³-hybridized carbons (Fsp3) is 0.409. The Labute approximate surface area is 164 Å². The Kier molecular flexibility index (Phi) is 5.46. The van der Waals surface area contributed by atoms with Crippen LogP contribution < -0.4 is 0 Å². The Hall–Kier alpha value is -2.25. The second-order valence-corrected chi connectivity index (χ2v) is 7.54. The van der Waals surface area contributed by atoms with Gasteiger partial charge in [-0.25, -0.2) is 4.74 Å². The first kappa shape index (κ1) is 19.1. The van der Waals surface area contributed by atoms with Crippen LogP contribution in [0.15, 0.2) is 60.7 Å². The van der Waals surface area contributed by atoms with Crippen LogP contribution in [-0.2, 0) is 32.1 Å². The van der Waals surface area contributed by atoms with Crippen molar-refractivity contribution in [2.45, 2.75) is 57.4 Å². The molecule has 2 heterocycles. The summed E-state index contributed by atoms with van der Waals surface area (Å²) in [6.07, 6.45) is -0.400. The molecule has 2 aliphatic heterocycles. The Bertz CT molecular complexity index is 808. The van der Waals surface area contributed by atoms with E-state index in [-0.39, 0.29) is 12.6 Å². The van der Waals surface area contributed by atoms with E-state index in [9.17, 15) is 5.21 Å². The number of fused-ring (bicyclic) bond motifs is 1. The molecule has 6 nitrogen and oxygen atoms in total. The second-order valence-electron chi connectivity index (χ2n) is 7.54. The van der Waals surface area contributed by atoms with Crippen molar-refractivity contribution in [1.82, 2.24) is 0 Å². The van der Waals surface area contributed by atoms with E-state index in [1.54, 1.807) is 0 Å². The number of ether oxygens (including phenoxy) is 4. The number of nitrogens with zero attached hydrogens (tertiary/aromatic N) is 1. The minimum absolute atomic E-state index is 0.245. The van der Waals surface area contributed by atoms with E-state index in [1.807, 2.05) is 74.5 Å². The molecule has 4 atom stereocenters. The number of rotatable bonds is 6. The molecule has 28 heavy (non-hydrogen) atoms. The van der Waals surface area contributed by atoms with Gasteiger partial charge in [-0.2, -0.15) is 0 Å². The highest BCUT2D eigenvalue weighted by Gasteiger charge is 2.56. The van der Waals surface area contributed by atoms with Crippen LogP contribution in [-0.4, -0.2) is 41.3 Å². The van der Waals surface area contributed by atoms with Gasteiger partial charge < -0.3 is 24.2 Å². The van der Waals surface area contributed by atoms with Gasteiger partial charge in [-0.1, -0.05) is 60.7 Å². The maximum atomic E-state index is 12.5. The molecule has 6 heteroatoms. The van der Waals surface area contributed by atoms with Crippen molar-refractivity contribution in [2.24, 2.45) is 0 Å². The van der Waals surface area contributed by atoms with Gasteiger partial charge in [0.05, 0.1) is 6.61 Å². The summed E-state index contributed by atoms with van der Waals surface area (Å²) in [6, 6.07) is 19.5. The van der Waals surface area contributed by atoms with Crippen LogP contribution in [0.25, 0.3) is 0 Å². The van der Waals surface area contributed by atoms with E-state index >= 15 is 0 Å². The van der Waals surface area contributed by atoms with Crippen LogP contribution in [0.5, 0.6) is 0 Å². The largest absolute Gasteiger partial charge is 0.624 e. The standard InChI is InChI=1S/C22H25NO5/c1-22(2)27-20-19(25-15-17-11-7-4-8-12-17)18(26-21(20)28-22)14-23(24)13-16-9-5-3-6-10-16/h3-12,14,18-21H,13,15H2,1-2H3/b23-14+/t18-,19+,20-,21-/m1/s1. The van der Waals surface area contributed by atoms with Crippen LogP contribution in [0.4, 0.5) is 0 Å². The fourth-order valence-electron chi connectivity index (χ4n) is 3.56. The minimum Gasteiger partial charge on any atom is -0.624 e. The van der Waals surface area contributed by atoms with Crippen LogP contribution in [0.2, 0.25) is 0 Å². The van der Waals surface area contributed by atoms with E-state index in [0.717, 1.165) is 15.9 Å². The first-order chi connectivity index (χ1) is 13.5. The van der Waals surface area contributed by atoms with E-state index in [4.69, 9.17) is 18.9 Å². The third-order valence-corrected chi connectivity index (χ3v) is 4.81. The molecule has 4 rings (SSSR count). The number of hydrogen-bond acceptors (Lipinski definition) is 5. The quantitative estimate of drug-likeness (QED) is 0.332. The van der Waals surface area contributed by atoms with Crippen molar-refractivity contribution in [3.63, 3.8) is 0 Å². The van der Waals surface area contributed by atoms with Crippen molar-refractivity contribution in [3.8, 4) is 0 Å². The number of benzene rings is 2. The molecule has 0 N–H and O–H groups in total. The lowest BCUT2D eigenvalue weighted by molar-refractivity contribution is -0.473. The van der Waals surface area contributed by atoms with Gasteiger partial charge in [-0.3, -0.25) is 0 Å². The van der Waals surface area contributed by atoms with Gasteiger partial charge in [-0.05, 0) is 19.4 Å². The van der Waals surface area contributed by atoms with Gasteiger partial charge in [0, 0.05) is 5.56 Å². The highest BCUT2D eigenvalue weighted by Crippen LogP contribution is 2.38. The maximum absolute atomic E-state index is 12.5. The van der Waals surface area contributed by atoms with Gasteiger partial charge in [0.15, 0.2) is 30.9 Å². The molecular formula is C22H25NO5. The van der Waals surface area contributed by atoms with Gasteiger partial charge in [0.1, 0.15) is 12.2 Å². The van der Waals surface area contributed by atoms with Gasteiger partial charge in [-0.15, -0.1) is 0 Å². The molecular weight excluding hydrogens is 358 g/mol. The normalized spacial score (nSPS) is 29.0. The van der Waals surface area contributed by atoms with E-state index < -0.39 is 24.3 Å². The lowest BCUT2D eigenvalue weighted by Gasteiger charge is -2.24. The van der Waals surface area contributed by atoms with Crippen molar-refractivity contribution in [3.05, 3.63) is 77.0 Å². The predicted octanol–water partition coefficient (Wildman–Crippen LogP) is 3.23. The molecule has 2 aromatic carbocycles. The molecule has 0 amide bonds. The van der Waals surface area contributed by atoms with Crippen LogP contribution >= 0.6 is 0 Å². The monoisotopic (exact) mass is 383 g/mol. The average Bonchev–Trinajstić information content (AvgIpc) is 3.12. The van der Waals surface area contributed by atoms with Crippen molar-refractivity contribution >= 4 is 6.21 Å². The second kappa shape index (κ2) is 8.01. The third-order valence-electron chi connectivity index (χ3n) is 4.81. The SMILES string of the molecule is CC1(C)O[C@H]2O[C@H](/C=[N+](/[O-])Cc3ccccc3)[C@H](OCc3ccccc3)[C@H]2O1. The number of hydroxylamine groups is 1. The molecule has 0 radical (unpaired) electrons. The third kappa shape index (κ3) is 4.42. The summed E-state index contributed by atoms with van der Waals surface area (Å²) in [5, 5.41) is 12.5. The van der Waals surface area contributed by atoms with Crippen LogP contribution in [0.1, 0.15) is 25.0 Å². The summed E-state index contributed by atoms with van der Waals surface area (Å²) in [4.78, 5) is 0. The molecule has 2 fully saturated rings. The predicted molar refractivity (Wildman–Crippen MR) is 104 cm³/mol. The lowest BCUT2D eigenvalue weighted by atomic mass is 10.1. The molecule has 148 valence electrons. The van der Waals surface area contributed by atoms with Gasteiger partial charge in [0.25, 0.3) is 0 Å². The Morgan fingerprint density at radius 2 is 1.64 bits per heavy atom. The summed E-state index contributed by atoms with van der Waals surface area (Å²) >= 11 is 0. The lowest BCUT2D eigenvalue weighted by Crippen LogP contribution is -2.38. The molecule has 2 saturated heterocycles. The summed E-state index contributed by atoms with van der Waals surface area (Å²) in [5.41, 5.74) is 1.98. The van der Waals surface area contributed by atoms with Gasteiger partial charge >= 0.3 is 0 Å². The molecule has 0 aromatic heterocycles. The zero-order valence-corrected chi connectivity index (χ0v) is 16.1. The Morgan fingerprint density at radius 3 is 2.32 bits per heavy atom. The van der Waals surface area contributed by atoms with Crippen molar-refractivity contribution in [1.29, 1.82) is 0 Å². The molecule has 0 spiro atoms.